The molecular formula is C10H12N4S. The van der Waals surface area contributed by atoms with Crippen molar-refractivity contribution in [2.24, 2.45) is 7.05 Å². The molecule has 15 heavy (non-hydrogen) atoms. The normalized spacial score (nSPS) is 10.6. The van der Waals surface area contributed by atoms with Gasteiger partial charge in [-0.25, -0.2) is 9.97 Å². The standard InChI is InChI=1S/C10H12N4S/c1-6-7(2)12-9(13-10(6)15)8-4-11-5-14(8)3/h4-5H,1-3H3,(H,12,13,15). The second kappa shape index (κ2) is 3.58. The molecule has 4 nitrogen and oxygen atoms in total. The lowest BCUT2D eigenvalue weighted by Crippen LogP contribution is -1.99. The van der Waals surface area contributed by atoms with Gasteiger partial charge in [0.25, 0.3) is 0 Å². The Kier molecular flexibility index (Phi) is 2.40. The molecule has 0 aliphatic heterocycles. The molecule has 0 amide bonds. The van der Waals surface area contributed by atoms with E-state index in [1.54, 1.807) is 12.5 Å². The fourth-order valence-electron chi connectivity index (χ4n) is 1.35. The summed E-state index contributed by atoms with van der Waals surface area (Å²) in [5.41, 5.74) is 3.01. The molecule has 2 heterocycles. The Balaban J connectivity index is 2.66. The third-order valence-corrected chi connectivity index (χ3v) is 2.86. The predicted octanol–water partition coefficient (Wildman–Crippen LogP) is 2.16. The van der Waals surface area contributed by atoms with E-state index in [-0.39, 0.29) is 0 Å². The molecule has 0 spiro atoms. The van der Waals surface area contributed by atoms with Crippen LogP contribution in [0.25, 0.3) is 11.5 Å². The van der Waals surface area contributed by atoms with Crippen molar-refractivity contribution < 1.29 is 0 Å². The van der Waals surface area contributed by atoms with Gasteiger partial charge in [-0.15, -0.1) is 0 Å². The monoisotopic (exact) mass is 220 g/mol. The van der Waals surface area contributed by atoms with Crippen LogP contribution >= 0.6 is 12.2 Å². The summed E-state index contributed by atoms with van der Waals surface area (Å²) >= 11 is 5.18. The largest absolute Gasteiger partial charge is 0.342 e. The Morgan fingerprint density at radius 3 is 2.67 bits per heavy atom. The fourth-order valence-corrected chi connectivity index (χ4v) is 1.60. The topological polar surface area (TPSA) is 46.5 Å². The first kappa shape index (κ1) is 10.0. The molecular weight excluding hydrogens is 208 g/mol. The van der Waals surface area contributed by atoms with Crippen LogP contribution in [0.3, 0.4) is 0 Å². The quantitative estimate of drug-likeness (QED) is 0.749. The van der Waals surface area contributed by atoms with Crippen molar-refractivity contribution in [2.75, 3.05) is 0 Å². The molecule has 2 aromatic heterocycles. The zero-order chi connectivity index (χ0) is 11.0. The highest BCUT2D eigenvalue weighted by molar-refractivity contribution is 7.71. The van der Waals surface area contributed by atoms with Gasteiger partial charge in [0, 0.05) is 18.3 Å². The summed E-state index contributed by atoms with van der Waals surface area (Å²) in [6.45, 7) is 3.96. The molecule has 0 atom stereocenters. The molecule has 0 saturated heterocycles. The predicted molar refractivity (Wildman–Crippen MR) is 61.1 cm³/mol. The van der Waals surface area contributed by atoms with Crippen molar-refractivity contribution in [1.82, 2.24) is 19.5 Å². The summed E-state index contributed by atoms with van der Waals surface area (Å²) in [6, 6.07) is 0. The van der Waals surface area contributed by atoms with Crippen LogP contribution in [-0.4, -0.2) is 19.5 Å². The van der Waals surface area contributed by atoms with E-state index >= 15 is 0 Å². The second-order valence-electron chi connectivity index (χ2n) is 3.53. The maximum absolute atomic E-state index is 5.18. The van der Waals surface area contributed by atoms with Crippen LogP contribution in [0, 0.1) is 18.5 Å². The first-order chi connectivity index (χ1) is 7.09. The highest BCUT2D eigenvalue weighted by Crippen LogP contribution is 2.15. The van der Waals surface area contributed by atoms with Gasteiger partial charge in [0.15, 0.2) is 5.82 Å². The van der Waals surface area contributed by atoms with Gasteiger partial charge in [-0.2, -0.15) is 0 Å². The molecule has 0 fully saturated rings. The number of aromatic amines is 1. The number of hydrogen-bond acceptors (Lipinski definition) is 3. The van der Waals surface area contributed by atoms with Crippen LogP contribution in [0.4, 0.5) is 0 Å². The molecule has 78 valence electrons. The summed E-state index contributed by atoms with van der Waals surface area (Å²) in [4.78, 5) is 11.6. The Morgan fingerprint density at radius 2 is 2.13 bits per heavy atom. The van der Waals surface area contributed by atoms with Gasteiger partial charge in [0.1, 0.15) is 10.3 Å². The van der Waals surface area contributed by atoms with Gasteiger partial charge in [0.2, 0.25) is 0 Å². The van der Waals surface area contributed by atoms with Crippen molar-refractivity contribution in [3.8, 4) is 11.5 Å². The lowest BCUT2D eigenvalue weighted by Gasteiger charge is -2.05. The summed E-state index contributed by atoms with van der Waals surface area (Å²) in [6.07, 6.45) is 3.51. The first-order valence-corrected chi connectivity index (χ1v) is 5.04. The molecule has 1 N–H and O–H groups in total. The van der Waals surface area contributed by atoms with E-state index in [2.05, 4.69) is 15.0 Å². The average molecular weight is 220 g/mol. The lowest BCUT2D eigenvalue weighted by atomic mass is 10.2. The maximum atomic E-state index is 5.18. The molecule has 0 bridgehead atoms. The SMILES string of the molecule is Cc1[nH]c(-c2cncn2C)nc(=S)c1C. The number of imidazole rings is 1. The van der Waals surface area contributed by atoms with E-state index in [0.717, 1.165) is 22.8 Å². The van der Waals surface area contributed by atoms with Crippen LogP contribution in [0.2, 0.25) is 0 Å². The third kappa shape index (κ3) is 1.70. The molecule has 2 rings (SSSR count). The van der Waals surface area contributed by atoms with Gasteiger partial charge >= 0.3 is 0 Å². The zero-order valence-electron chi connectivity index (χ0n) is 8.90. The number of H-pyrrole nitrogens is 1. The average Bonchev–Trinajstić information content (AvgIpc) is 2.60. The zero-order valence-corrected chi connectivity index (χ0v) is 9.72. The van der Waals surface area contributed by atoms with E-state index in [4.69, 9.17) is 12.2 Å². The minimum Gasteiger partial charge on any atom is -0.342 e. The Hall–Kier alpha value is -1.49. The van der Waals surface area contributed by atoms with Gasteiger partial charge < -0.3 is 9.55 Å². The number of aromatic nitrogens is 4. The van der Waals surface area contributed by atoms with E-state index < -0.39 is 0 Å². The number of nitrogens with zero attached hydrogens (tertiary/aromatic N) is 3. The van der Waals surface area contributed by atoms with E-state index in [1.165, 1.54) is 0 Å². The number of hydrogen-bond donors (Lipinski definition) is 1. The minimum absolute atomic E-state index is 0.641. The summed E-state index contributed by atoms with van der Waals surface area (Å²) in [5, 5.41) is 0. The lowest BCUT2D eigenvalue weighted by molar-refractivity contribution is 0.902. The molecule has 0 unspecified atom stereocenters. The Morgan fingerprint density at radius 1 is 1.40 bits per heavy atom. The second-order valence-corrected chi connectivity index (χ2v) is 3.92. The minimum atomic E-state index is 0.641. The van der Waals surface area contributed by atoms with Gasteiger partial charge in [-0.1, -0.05) is 12.2 Å². The summed E-state index contributed by atoms with van der Waals surface area (Å²) in [5.74, 6) is 0.767. The number of rotatable bonds is 1. The molecule has 0 aliphatic rings. The van der Waals surface area contributed by atoms with E-state index in [1.807, 2.05) is 25.5 Å². The van der Waals surface area contributed by atoms with Crippen LogP contribution in [-0.2, 0) is 7.05 Å². The highest BCUT2D eigenvalue weighted by atomic mass is 32.1. The molecule has 0 aliphatic carbocycles. The van der Waals surface area contributed by atoms with Crippen LogP contribution in [0.1, 0.15) is 11.3 Å². The van der Waals surface area contributed by atoms with Crippen LogP contribution < -0.4 is 0 Å². The van der Waals surface area contributed by atoms with Gasteiger partial charge in [-0.05, 0) is 13.8 Å². The number of aryl methyl sites for hydroxylation is 2. The van der Waals surface area contributed by atoms with Crippen molar-refractivity contribution >= 4 is 12.2 Å². The fraction of sp³-hybridized carbons (Fsp3) is 0.300. The van der Waals surface area contributed by atoms with Crippen molar-refractivity contribution in [1.29, 1.82) is 0 Å². The van der Waals surface area contributed by atoms with E-state index in [9.17, 15) is 0 Å². The van der Waals surface area contributed by atoms with Gasteiger partial charge in [0.05, 0.1) is 12.5 Å². The Labute approximate surface area is 93.0 Å². The first-order valence-electron chi connectivity index (χ1n) is 4.64. The summed E-state index contributed by atoms with van der Waals surface area (Å²) < 4.78 is 2.55. The third-order valence-electron chi connectivity index (χ3n) is 2.46. The molecule has 0 saturated carbocycles. The highest BCUT2D eigenvalue weighted by Gasteiger charge is 2.06. The number of nitrogens with one attached hydrogen (secondary N) is 1. The summed E-state index contributed by atoms with van der Waals surface area (Å²) in [7, 11) is 1.93. The van der Waals surface area contributed by atoms with E-state index in [0.29, 0.717) is 4.64 Å². The van der Waals surface area contributed by atoms with Crippen LogP contribution in [0.5, 0.6) is 0 Å². The van der Waals surface area contributed by atoms with Gasteiger partial charge in [-0.3, -0.25) is 0 Å². The Bertz CT molecular complexity index is 553. The smallest absolute Gasteiger partial charge is 0.157 e. The molecule has 0 aromatic carbocycles. The van der Waals surface area contributed by atoms with Crippen LogP contribution in [0.15, 0.2) is 12.5 Å². The van der Waals surface area contributed by atoms with Crippen molar-refractivity contribution in [3.05, 3.63) is 28.4 Å². The molecule has 2 aromatic rings. The molecule has 5 heteroatoms. The maximum Gasteiger partial charge on any atom is 0.157 e. The van der Waals surface area contributed by atoms with Crippen molar-refractivity contribution in [2.45, 2.75) is 13.8 Å². The van der Waals surface area contributed by atoms with Crippen molar-refractivity contribution in [3.63, 3.8) is 0 Å². The molecule has 0 radical (unpaired) electrons.